The van der Waals surface area contributed by atoms with Gasteiger partial charge in [0.25, 0.3) is 5.91 Å². The Morgan fingerprint density at radius 1 is 0.760 bits per heavy atom. The topological polar surface area (TPSA) is 405 Å². The number of aliphatic hydroxyl groups excluding tert-OH is 1. The number of benzene rings is 2. The maximum Gasteiger partial charge on any atom is 0.326 e. The Hall–Kier alpha value is -9.11. The monoisotopic (exact) mass is 1470 g/mol. The van der Waals surface area contributed by atoms with E-state index < -0.39 is 66.6 Å². The van der Waals surface area contributed by atoms with Crippen molar-refractivity contribution in [3.8, 4) is 11.8 Å². The summed E-state index contributed by atoms with van der Waals surface area (Å²) in [5.74, 6) is -0.311. The first kappa shape index (κ1) is 82.2. The van der Waals surface area contributed by atoms with Gasteiger partial charge < -0.3 is 72.3 Å². The summed E-state index contributed by atoms with van der Waals surface area (Å²) in [5, 5.41) is 53.6. The molecule has 3 aliphatic rings. The highest BCUT2D eigenvalue weighted by atomic mass is 33.1. The van der Waals surface area contributed by atoms with Gasteiger partial charge in [-0.1, -0.05) is 102 Å². The molecule has 2 aliphatic carbocycles. The number of nitrogens with zero attached hydrogens (tertiary/aromatic N) is 5. The van der Waals surface area contributed by atoms with Crippen molar-refractivity contribution in [3.63, 3.8) is 0 Å². The third-order valence-electron chi connectivity index (χ3n) is 18.4. The highest BCUT2D eigenvalue weighted by Crippen LogP contribution is 2.48. The molecule has 104 heavy (non-hydrogen) atoms. The molecule has 2 aromatic carbocycles. The fourth-order valence-corrected chi connectivity index (χ4v) is 15.2. The summed E-state index contributed by atoms with van der Waals surface area (Å²) in [5.41, 5.74) is 17.6. The number of nitrogens with one attached hydrogen (secondary N) is 6. The molecule has 2 aromatic heterocycles. The second kappa shape index (κ2) is 42.0. The molecule has 7 atom stereocenters. The first-order valence-electron chi connectivity index (χ1n) is 35.9. The van der Waals surface area contributed by atoms with Crippen LogP contribution in [0.15, 0.2) is 77.2 Å². The second-order valence-corrected chi connectivity index (χ2v) is 29.0. The molecule has 1 aliphatic heterocycles. The number of amides is 7. The number of ether oxygens (including phenoxy) is 1. The molecule has 4 aromatic rings. The number of aromatic nitrogens is 3. The number of nitrogen functional groups attached to an aromatic ring is 1. The molecule has 0 bridgehead atoms. The fourth-order valence-electron chi connectivity index (χ4n) is 13.1. The van der Waals surface area contributed by atoms with Gasteiger partial charge in [0.15, 0.2) is 0 Å². The van der Waals surface area contributed by atoms with Crippen molar-refractivity contribution in [2.75, 3.05) is 63.6 Å². The van der Waals surface area contributed by atoms with Crippen LogP contribution >= 0.6 is 21.6 Å². The lowest BCUT2D eigenvalue weighted by molar-refractivity contribution is -0.148. The van der Waals surface area contributed by atoms with E-state index in [1.165, 1.54) is 55.7 Å². The lowest BCUT2D eigenvalue weighted by Crippen LogP contribution is -2.52. The van der Waals surface area contributed by atoms with E-state index in [0.29, 0.717) is 118 Å². The van der Waals surface area contributed by atoms with Crippen molar-refractivity contribution in [2.24, 2.45) is 10.9 Å². The summed E-state index contributed by atoms with van der Waals surface area (Å²) < 4.78 is 7.80. The number of aryl methyl sites for hydroxylation is 2. The van der Waals surface area contributed by atoms with Crippen LogP contribution in [0.3, 0.4) is 0 Å². The van der Waals surface area contributed by atoms with Gasteiger partial charge in [-0.05, 0) is 137 Å². The summed E-state index contributed by atoms with van der Waals surface area (Å²) in [4.78, 5) is 142. The van der Waals surface area contributed by atoms with E-state index in [0.717, 1.165) is 36.1 Å². The van der Waals surface area contributed by atoms with Gasteiger partial charge in [-0.2, -0.15) is 0 Å². The number of carbonyl (C=O) groups excluding carboxylic acids is 7. The van der Waals surface area contributed by atoms with Crippen LogP contribution in [0.2, 0.25) is 0 Å². The number of aliphatic hydroxyl groups is 1. The summed E-state index contributed by atoms with van der Waals surface area (Å²) in [6, 6.07) is 8.22. The smallest absolute Gasteiger partial charge is 0.326 e. The van der Waals surface area contributed by atoms with Crippen molar-refractivity contribution >= 4 is 103 Å². The number of carboxylic acid groups (broad SMARTS) is 3. The molecular formula is C75H100N12O15S2. The Kier molecular flexibility index (Phi) is 33.2. The predicted octanol–water partition coefficient (Wildman–Crippen LogP) is 7.01. The Morgan fingerprint density at radius 2 is 1.44 bits per heavy atom. The Balaban J connectivity index is 0.840. The number of hydrogen-bond acceptors (Lipinski definition) is 18. The number of hydrogen-bond donors (Lipinski definition) is 11. The van der Waals surface area contributed by atoms with E-state index in [9.17, 15) is 63.3 Å². The van der Waals surface area contributed by atoms with Crippen LogP contribution in [0, 0.1) is 24.7 Å². The minimum absolute atomic E-state index is 0.0645. The molecular weight excluding hydrogens is 1370 g/mol. The maximum absolute atomic E-state index is 14.4. The standard InChI is InChI=1S/C75H100N12O15S2/c1-6-19-48-38-50-39-51-40-58(77-7-2)47(4)37-56(51)69(55(50)36-46(48)3)53-21-12-13-22-54(53)74(99)86(5)33-17-26-61(89)78-30-14-8-10-24-63(91)83-57(72(97)80-31-15-9-11-25-64(92)84-59(41-66(93)94)73(98)85-60(75(100)101)42-67(95)96)23-18-34-103-104-35-29-62(90)79-32-16-20-49-43-87(65-28-27-52(44-88)102-65)71-68(49)70(76)81-45-82-71/h12-13,21-22,36-38,40,43,45,52,56-57,59-60,65,69,88H,6-11,14-15,17-19,23-35,39,41-42,44H2,1-5H3,(H,78,89)(H,79,90)(H,80,97)(H,83,91)(H,84,92)(H,85,98)(H,93,94)(H,95,96)(H,100,101)(H2,76,81,82)/b77-58+/t52-,56?,57?,59?,60?,65+,69?/m0/s1. The van der Waals surface area contributed by atoms with E-state index in [2.05, 4.69) is 99.5 Å². The van der Waals surface area contributed by atoms with Crippen LogP contribution in [0.25, 0.3) is 11.0 Å². The molecule has 27 nitrogen and oxygen atoms in total. The lowest BCUT2D eigenvalue weighted by atomic mass is 9.65. The minimum atomic E-state index is -1.86. The predicted molar refractivity (Wildman–Crippen MR) is 398 cm³/mol. The zero-order chi connectivity index (χ0) is 75.2. The molecule has 0 spiro atoms. The molecule has 1 fully saturated rings. The van der Waals surface area contributed by atoms with Crippen LogP contribution in [0.5, 0.6) is 0 Å². The molecule has 5 unspecified atom stereocenters. The average molecular weight is 1470 g/mol. The van der Waals surface area contributed by atoms with E-state index in [4.69, 9.17) is 20.6 Å². The Morgan fingerprint density at radius 3 is 2.13 bits per heavy atom. The summed E-state index contributed by atoms with van der Waals surface area (Å²) >= 11 is 0. The van der Waals surface area contributed by atoms with Crippen molar-refractivity contribution < 1.29 is 73.1 Å². The third kappa shape index (κ3) is 24.8. The number of unbranched alkanes of at least 4 members (excludes halogenated alkanes) is 4. The molecule has 1 saturated heterocycles. The zero-order valence-corrected chi connectivity index (χ0v) is 61.7. The van der Waals surface area contributed by atoms with Gasteiger partial charge in [0.2, 0.25) is 35.4 Å². The third-order valence-corrected chi connectivity index (χ3v) is 20.9. The number of carboxylic acids is 3. The largest absolute Gasteiger partial charge is 0.481 e. The highest BCUT2D eigenvalue weighted by Gasteiger charge is 2.38. The number of anilines is 1. The molecule has 562 valence electrons. The van der Waals surface area contributed by atoms with E-state index in [-0.39, 0.29) is 105 Å². The number of nitrogens with two attached hydrogens (primary N) is 1. The van der Waals surface area contributed by atoms with Gasteiger partial charge in [-0.3, -0.25) is 48.1 Å². The zero-order valence-electron chi connectivity index (χ0n) is 60.0. The van der Waals surface area contributed by atoms with Gasteiger partial charge in [-0.25, -0.2) is 14.8 Å². The number of aliphatic imine (C=N–C) groups is 1. The first-order chi connectivity index (χ1) is 50.0. The van der Waals surface area contributed by atoms with Crippen molar-refractivity contribution in [1.29, 1.82) is 0 Å². The van der Waals surface area contributed by atoms with Crippen LogP contribution < -0.4 is 37.6 Å². The van der Waals surface area contributed by atoms with Gasteiger partial charge in [0.1, 0.15) is 42.1 Å². The quantitative estimate of drug-likeness (QED) is 0.0121. The van der Waals surface area contributed by atoms with Crippen molar-refractivity contribution in [3.05, 3.63) is 111 Å². The molecule has 0 saturated carbocycles. The van der Waals surface area contributed by atoms with Crippen LogP contribution in [0.4, 0.5) is 5.82 Å². The van der Waals surface area contributed by atoms with Crippen LogP contribution in [-0.4, -0.2) is 187 Å². The van der Waals surface area contributed by atoms with Gasteiger partial charge in [-0.15, -0.1) is 0 Å². The van der Waals surface area contributed by atoms with E-state index in [1.54, 1.807) is 18.1 Å². The molecule has 12 N–H and O–H groups in total. The molecule has 7 rings (SSSR count). The molecule has 0 radical (unpaired) electrons. The van der Waals surface area contributed by atoms with Crippen LogP contribution in [-0.2, 0) is 60.7 Å². The van der Waals surface area contributed by atoms with Crippen LogP contribution in [0.1, 0.15) is 192 Å². The SMILES string of the molecule is CCCc1cc2c(cc1C)C(c1ccccc1C(=O)N(C)CCCC(=O)NCCCCCC(=O)NC(CCCSSCCC(=O)NCC#Cc1cn([C@H]3CC[C@@H](CO)O3)c3ncnc(N)c13)C(=O)NCCCCCC(=O)NC(CC(=O)O)C(=O)NC(CC(=O)O)C(=O)O)C1C=C(C)/C(=N/CC)C=C1C2. The highest BCUT2D eigenvalue weighted by molar-refractivity contribution is 8.76. The number of rotatable bonds is 42. The number of allylic oxidation sites excluding steroid dienone is 4. The van der Waals surface area contributed by atoms with E-state index in [1.807, 2.05) is 35.0 Å². The Labute approximate surface area is 614 Å². The molecule has 3 heterocycles. The summed E-state index contributed by atoms with van der Waals surface area (Å²) in [7, 11) is 4.80. The van der Waals surface area contributed by atoms with Gasteiger partial charge >= 0.3 is 17.9 Å². The molecule has 29 heteroatoms. The first-order valence-corrected chi connectivity index (χ1v) is 38.4. The number of carbonyl (C=O) groups is 10. The second-order valence-electron chi connectivity index (χ2n) is 26.3. The number of aliphatic carboxylic acids is 3. The van der Waals surface area contributed by atoms with Gasteiger partial charge in [0, 0.05) is 94.0 Å². The summed E-state index contributed by atoms with van der Waals surface area (Å²) in [6.45, 7) is 10.2. The lowest BCUT2D eigenvalue weighted by Gasteiger charge is -2.38. The fraction of sp³-hybridized carbons (Fsp3) is 0.533. The van der Waals surface area contributed by atoms with Crippen molar-refractivity contribution in [2.45, 2.75) is 192 Å². The van der Waals surface area contributed by atoms with Crippen molar-refractivity contribution in [1.82, 2.24) is 51.3 Å². The average Bonchev–Trinajstić information content (AvgIpc) is 0.815. The normalized spacial score (nSPS) is 17.2. The molecule has 7 amide bonds. The number of fused-ring (bicyclic) bond motifs is 3. The maximum atomic E-state index is 14.4. The van der Waals surface area contributed by atoms with E-state index >= 15 is 0 Å². The summed E-state index contributed by atoms with van der Waals surface area (Å²) in [6.07, 6.45) is 14.1. The Bertz CT molecular complexity index is 3880. The minimum Gasteiger partial charge on any atom is -0.481 e. The van der Waals surface area contributed by atoms with Gasteiger partial charge in [0.05, 0.1) is 48.8 Å².